The zero-order valence-electron chi connectivity index (χ0n) is 17.3. The normalized spacial score (nSPS) is 14.7. The van der Waals surface area contributed by atoms with E-state index in [9.17, 15) is 4.79 Å². The van der Waals surface area contributed by atoms with Gasteiger partial charge in [-0.25, -0.2) is 0 Å². The van der Waals surface area contributed by atoms with Crippen LogP contribution < -0.4 is 14.8 Å². The van der Waals surface area contributed by atoms with Crippen LogP contribution in [-0.2, 0) is 17.9 Å². The summed E-state index contributed by atoms with van der Waals surface area (Å²) in [5.74, 6) is 2.38. The number of carbonyl (C=O) groups excluding carboxylic acids is 1. The van der Waals surface area contributed by atoms with E-state index in [4.69, 9.17) is 21.1 Å². The van der Waals surface area contributed by atoms with Crippen molar-refractivity contribution in [3.8, 4) is 11.5 Å². The van der Waals surface area contributed by atoms with Gasteiger partial charge in [0.1, 0.15) is 24.7 Å². The number of ether oxygens (including phenoxy) is 2. The lowest BCUT2D eigenvalue weighted by Gasteiger charge is -2.12. The van der Waals surface area contributed by atoms with Crippen molar-refractivity contribution in [2.24, 2.45) is 0 Å². The number of amides is 1. The Bertz CT molecular complexity index is 1070. The summed E-state index contributed by atoms with van der Waals surface area (Å²) in [5.41, 5.74) is 2.08. The fourth-order valence-corrected chi connectivity index (χ4v) is 4.32. The lowest BCUT2D eigenvalue weighted by Crippen LogP contribution is -2.30. The largest absolute Gasteiger partial charge is 0.491 e. The first-order chi connectivity index (χ1) is 15.0. The number of halogens is 1. The van der Waals surface area contributed by atoms with Crippen molar-refractivity contribution < 1.29 is 14.3 Å². The van der Waals surface area contributed by atoms with Crippen LogP contribution in [0, 0.1) is 6.92 Å². The van der Waals surface area contributed by atoms with E-state index in [2.05, 4.69) is 15.5 Å². The molecular weight excluding hydrogens is 436 g/mol. The van der Waals surface area contributed by atoms with Crippen LogP contribution in [0.3, 0.4) is 0 Å². The first-order valence-corrected chi connectivity index (χ1v) is 11.4. The number of hydrogen-bond acceptors (Lipinski definition) is 6. The van der Waals surface area contributed by atoms with Crippen molar-refractivity contribution in [3.63, 3.8) is 0 Å². The Labute approximate surface area is 190 Å². The van der Waals surface area contributed by atoms with Gasteiger partial charge in [0.2, 0.25) is 5.91 Å². The molecule has 7 nitrogen and oxygen atoms in total. The van der Waals surface area contributed by atoms with Gasteiger partial charge in [-0.2, -0.15) is 0 Å². The maximum atomic E-state index is 12.5. The van der Waals surface area contributed by atoms with Gasteiger partial charge >= 0.3 is 0 Å². The number of rotatable bonds is 8. The smallest absolute Gasteiger partial charge is 0.231 e. The molecule has 1 amide bonds. The van der Waals surface area contributed by atoms with Gasteiger partial charge in [0.25, 0.3) is 0 Å². The third kappa shape index (κ3) is 5.14. The molecule has 1 aromatic heterocycles. The van der Waals surface area contributed by atoms with Crippen LogP contribution in [0.1, 0.15) is 29.9 Å². The fraction of sp³-hybridized carbons (Fsp3) is 0.318. The topological polar surface area (TPSA) is 78.3 Å². The Balaban J connectivity index is 1.33. The summed E-state index contributed by atoms with van der Waals surface area (Å²) in [4.78, 5) is 12.5. The third-order valence-corrected chi connectivity index (χ3v) is 6.12. The average Bonchev–Trinajstić information content (AvgIpc) is 3.35. The Kier molecular flexibility index (Phi) is 6.67. The van der Waals surface area contributed by atoms with Gasteiger partial charge in [-0.15, -0.1) is 10.2 Å². The van der Waals surface area contributed by atoms with E-state index < -0.39 is 0 Å². The molecule has 0 fully saturated rings. The minimum absolute atomic E-state index is 0.102. The molecule has 0 aliphatic carbocycles. The molecule has 162 valence electrons. The van der Waals surface area contributed by atoms with E-state index in [0.29, 0.717) is 29.9 Å². The SMILES string of the molecule is CCn1c(COc2ccc(C)cc2)nnc1SCC(=O)NC1COc2ccc(Cl)cc21. The summed E-state index contributed by atoms with van der Waals surface area (Å²) in [6.07, 6.45) is 0. The third-order valence-electron chi connectivity index (χ3n) is 4.92. The van der Waals surface area contributed by atoms with Crippen LogP contribution in [0.5, 0.6) is 11.5 Å². The zero-order chi connectivity index (χ0) is 21.8. The molecule has 31 heavy (non-hydrogen) atoms. The van der Waals surface area contributed by atoms with Crippen LogP contribution in [0.4, 0.5) is 0 Å². The number of aromatic nitrogens is 3. The van der Waals surface area contributed by atoms with Gasteiger partial charge in [0.15, 0.2) is 11.0 Å². The Hall–Kier alpha value is -2.71. The molecule has 1 aliphatic rings. The van der Waals surface area contributed by atoms with Crippen LogP contribution in [-0.4, -0.2) is 33.0 Å². The number of fused-ring (bicyclic) bond motifs is 1. The Morgan fingerprint density at radius 2 is 2.10 bits per heavy atom. The number of thioether (sulfide) groups is 1. The molecule has 0 bridgehead atoms. The quantitative estimate of drug-likeness (QED) is 0.510. The molecule has 2 heterocycles. The second-order valence-corrected chi connectivity index (χ2v) is 8.53. The number of aryl methyl sites for hydroxylation is 1. The predicted octanol–water partition coefficient (Wildman–Crippen LogP) is 4.18. The Morgan fingerprint density at radius 3 is 2.87 bits per heavy atom. The van der Waals surface area contributed by atoms with Gasteiger partial charge in [0, 0.05) is 17.1 Å². The van der Waals surface area contributed by atoms with Crippen molar-refractivity contribution in [1.82, 2.24) is 20.1 Å². The molecule has 3 aromatic rings. The molecule has 4 rings (SSSR count). The highest BCUT2D eigenvalue weighted by Crippen LogP contribution is 2.34. The minimum atomic E-state index is -0.204. The van der Waals surface area contributed by atoms with E-state index in [1.54, 1.807) is 6.07 Å². The van der Waals surface area contributed by atoms with E-state index in [1.165, 1.54) is 17.3 Å². The van der Waals surface area contributed by atoms with E-state index in [0.717, 1.165) is 22.9 Å². The van der Waals surface area contributed by atoms with Crippen molar-refractivity contribution in [3.05, 3.63) is 64.4 Å². The zero-order valence-corrected chi connectivity index (χ0v) is 18.9. The predicted molar refractivity (Wildman–Crippen MR) is 120 cm³/mol. The molecule has 1 unspecified atom stereocenters. The molecule has 0 saturated carbocycles. The Morgan fingerprint density at radius 1 is 1.29 bits per heavy atom. The summed E-state index contributed by atoms with van der Waals surface area (Å²) in [5, 5.41) is 12.8. The van der Waals surface area contributed by atoms with E-state index in [-0.39, 0.29) is 17.7 Å². The minimum Gasteiger partial charge on any atom is -0.491 e. The van der Waals surface area contributed by atoms with Gasteiger partial charge in [-0.3, -0.25) is 4.79 Å². The van der Waals surface area contributed by atoms with Gasteiger partial charge in [-0.05, 0) is 44.2 Å². The molecule has 1 aliphatic heterocycles. The molecule has 9 heteroatoms. The van der Waals surface area contributed by atoms with Crippen molar-refractivity contribution in [2.45, 2.75) is 38.2 Å². The van der Waals surface area contributed by atoms with Gasteiger partial charge in [-0.1, -0.05) is 41.1 Å². The highest BCUT2D eigenvalue weighted by atomic mass is 35.5. The fourth-order valence-electron chi connectivity index (χ4n) is 3.30. The van der Waals surface area contributed by atoms with Crippen LogP contribution >= 0.6 is 23.4 Å². The highest BCUT2D eigenvalue weighted by molar-refractivity contribution is 7.99. The number of nitrogens with one attached hydrogen (secondary N) is 1. The molecule has 1 atom stereocenters. The van der Waals surface area contributed by atoms with Crippen molar-refractivity contribution in [1.29, 1.82) is 0 Å². The second-order valence-electron chi connectivity index (χ2n) is 7.15. The summed E-state index contributed by atoms with van der Waals surface area (Å²) >= 11 is 7.42. The summed E-state index contributed by atoms with van der Waals surface area (Å²) in [6.45, 7) is 5.45. The molecule has 0 saturated heterocycles. The van der Waals surface area contributed by atoms with Crippen molar-refractivity contribution in [2.75, 3.05) is 12.4 Å². The van der Waals surface area contributed by atoms with Crippen LogP contribution in [0.25, 0.3) is 0 Å². The lowest BCUT2D eigenvalue weighted by molar-refractivity contribution is -0.119. The highest BCUT2D eigenvalue weighted by Gasteiger charge is 2.26. The second kappa shape index (κ2) is 9.62. The average molecular weight is 459 g/mol. The number of hydrogen-bond donors (Lipinski definition) is 1. The number of nitrogens with zero attached hydrogens (tertiary/aromatic N) is 3. The molecule has 2 aromatic carbocycles. The molecule has 0 spiro atoms. The van der Waals surface area contributed by atoms with Gasteiger partial charge < -0.3 is 19.4 Å². The van der Waals surface area contributed by atoms with Gasteiger partial charge in [0.05, 0.1) is 11.8 Å². The summed E-state index contributed by atoms with van der Waals surface area (Å²) < 4.78 is 13.4. The van der Waals surface area contributed by atoms with E-state index >= 15 is 0 Å². The molecule has 0 radical (unpaired) electrons. The number of carbonyl (C=O) groups is 1. The van der Waals surface area contributed by atoms with E-state index in [1.807, 2.05) is 54.8 Å². The number of benzene rings is 2. The molecule has 1 N–H and O–H groups in total. The monoisotopic (exact) mass is 458 g/mol. The van der Waals surface area contributed by atoms with Crippen molar-refractivity contribution >= 4 is 29.3 Å². The van der Waals surface area contributed by atoms with Crippen LogP contribution in [0.15, 0.2) is 47.6 Å². The van der Waals surface area contributed by atoms with Crippen LogP contribution in [0.2, 0.25) is 5.02 Å². The first-order valence-electron chi connectivity index (χ1n) is 9.99. The summed E-state index contributed by atoms with van der Waals surface area (Å²) in [6, 6.07) is 13.1. The lowest BCUT2D eigenvalue weighted by atomic mass is 10.1. The first kappa shape index (κ1) is 21.5. The maximum absolute atomic E-state index is 12.5. The maximum Gasteiger partial charge on any atom is 0.231 e. The standard InChI is InChI=1S/C22H23ClN4O3S/c1-3-27-20(12-29-16-7-4-14(2)5-8-16)25-26-22(27)31-13-21(28)24-18-11-30-19-9-6-15(23)10-17(18)19/h4-10,18H,3,11-13H2,1-2H3,(H,24,28). The molecular formula is C22H23ClN4O3S. The summed E-state index contributed by atoms with van der Waals surface area (Å²) in [7, 11) is 0.